The van der Waals surface area contributed by atoms with Crippen molar-refractivity contribution in [2.75, 3.05) is 9.80 Å². The predicted molar refractivity (Wildman–Crippen MR) is 278 cm³/mol. The zero-order valence-corrected chi connectivity index (χ0v) is 41.3. The Morgan fingerprint density at radius 3 is 1.78 bits per heavy atom. The summed E-state index contributed by atoms with van der Waals surface area (Å²) in [6.07, 6.45) is 1.90. The number of nitrogens with zero attached hydrogens (tertiary/aromatic N) is 4. The van der Waals surface area contributed by atoms with Gasteiger partial charge in [0.1, 0.15) is 5.82 Å². The minimum absolute atomic E-state index is 0. The molecule has 5 nitrogen and oxygen atoms in total. The van der Waals surface area contributed by atoms with Gasteiger partial charge in [-0.3, -0.25) is 0 Å². The van der Waals surface area contributed by atoms with Crippen LogP contribution in [0.3, 0.4) is 0 Å². The average Bonchev–Trinajstić information content (AvgIpc) is 3.90. The number of hydrogen-bond donors (Lipinski definition) is 0. The van der Waals surface area contributed by atoms with Gasteiger partial charge in [0.25, 0.3) is 0 Å². The van der Waals surface area contributed by atoms with Gasteiger partial charge in [-0.1, -0.05) is 181 Å². The van der Waals surface area contributed by atoms with Crippen molar-refractivity contribution in [2.24, 2.45) is 0 Å². The van der Waals surface area contributed by atoms with Gasteiger partial charge in [-0.2, -0.15) is 12.1 Å². The Labute approximate surface area is 414 Å². The van der Waals surface area contributed by atoms with Crippen LogP contribution in [0.1, 0.15) is 52.7 Å². The fraction of sp³-hybridized carbons (Fsp3) is 0.129. The number of anilines is 4. The molecule has 3 heterocycles. The van der Waals surface area contributed by atoms with Gasteiger partial charge in [-0.15, -0.1) is 48.1 Å². The number of hydrogen-bond acceptors (Lipinski definition) is 4. The van der Waals surface area contributed by atoms with Crippen molar-refractivity contribution in [3.8, 4) is 50.7 Å². The molecule has 0 bridgehead atoms. The van der Waals surface area contributed by atoms with Crippen LogP contribution in [0.2, 0.25) is 0 Å². The van der Waals surface area contributed by atoms with E-state index in [2.05, 4.69) is 245 Å². The van der Waals surface area contributed by atoms with Crippen LogP contribution in [0.4, 0.5) is 22.7 Å². The van der Waals surface area contributed by atoms with Crippen LogP contribution in [-0.2, 0) is 31.9 Å². The zero-order valence-electron chi connectivity index (χ0n) is 39.1. The molecular formula is C62H51N4OPt-3. The second-order valence-electron chi connectivity index (χ2n) is 19.4. The SMILES string of the molecule is CC(C)(C)c1cccc(-c2cccc3c2N(c2c(-c4ccccc4)cccc2-c2ccccc2)[CH-]N3c2[c-]c(Oc3[c-]c4c(cc3)c3ccccc3n4-c3cc(C(C)(C)C)ccn3)ccc2)c1.[Pt]. The van der Waals surface area contributed by atoms with Crippen LogP contribution >= 0.6 is 0 Å². The number of aromatic nitrogens is 2. The fourth-order valence-electron chi connectivity index (χ4n) is 9.40. The van der Waals surface area contributed by atoms with Gasteiger partial charge >= 0.3 is 0 Å². The smallest absolute Gasteiger partial charge is 0.135 e. The molecule has 0 aliphatic carbocycles. The number of ether oxygens (including phenoxy) is 1. The van der Waals surface area contributed by atoms with Crippen molar-refractivity contribution in [1.29, 1.82) is 0 Å². The molecule has 2 aromatic heterocycles. The predicted octanol–water partition coefficient (Wildman–Crippen LogP) is 16.6. The Kier molecular flexibility index (Phi) is 11.7. The summed E-state index contributed by atoms with van der Waals surface area (Å²) < 4.78 is 8.94. The molecule has 8 aromatic carbocycles. The van der Waals surface area contributed by atoms with Gasteiger partial charge in [0.2, 0.25) is 0 Å². The molecule has 0 N–H and O–H groups in total. The van der Waals surface area contributed by atoms with Gasteiger partial charge in [0.15, 0.2) is 0 Å². The van der Waals surface area contributed by atoms with Crippen molar-refractivity contribution in [3.05, 3.63) is 224 Å². The normalized spacial score (nSPS) is 12.6. The molecule has 0 unspecified atom stereocenters. The zero-order chi connectivity index (χ0) is 45.9. The molecule has 0 saturated heterocycles. The standard InChI is InChI=1S/C62H51N4O.Pt/c1-61(2,3)45-24-15-23-44(37-45)52-30-18-32-56-60(52)65(59-50(42-19-9-7-10-20-42)28-17-29-51(59)43-21-11-8-12-22-43)41-64(56)47-25-16-26-48(39-47)67-49-33-34-54-53-27-13-14-31-55(53)66(57(54)40-49)58-38-46(35-36-63-58)62(4,5)6;/h7-38,41H,1-6H3;/q-3;. The third-order valence-electron chi connectivity index (χ3n) is 12.9. The third kappa shape index (κ3) is 8.20. The summed E-state index contributed by atoms with van der Waals surface area (Å²) in [7, 11) is 0. The van der Waals surface area contributed by atoms with Gasteiger partial charge in [-0.25, -0.2) is 4.98 Å². The minimum Gasteiger partial charge on any atom is -0.509 e. The summed E-state index contributed by atoms with van der Waals surface area (Å²) in [4.78, 5) is 9.52. The Morgan fingerprint density at radius 2 is 1.07 bits per heavy atom. The summed E-state index contributed by atoms with van der Waals surface area (Å²) in [5.74, 6) is 2.03. The maximum Gasteiger partial charge on any atom is 0.135 e. The van der Waals surface area contributed by atoms with E-state index in [1.807, 2.05) is 24.4 Å². The van der Waals surface area contributed by atoms with E-state index < -0.39 is 0 Å². The molecule has 0 radical (unpaired) electrons. The van der Waals surface area contributed by atoms with Crippen LogP contribution < -0.4 is 14.5 Å². The summed E-state index contributed by atoms with van der Waals surface area (Å²) >= 11 is 0. The largest absolute Gasteiger partial charge is 0.509 e. The van der Waals surface area contributed by atoms with Crippen molar-refractivity contribution >= 4 is 44.6 Å². The molecule has 6 heteroatoms. The molecular weight excluding hydrogens is 1010 g/mol. The van der Waals surface area contributed by atoms with E-state index in [0.29, 0.717) is 11.5 Å². The second kappa shape index (κ2) is 17.8. The first-order valence-corrected chi connectivity index (χ1v) is 23.0. The van der Waals surface area contributed by atoms with Crippen molar-refractivity contribution in [3.63, 3.8) is 0 Å². The number of para-hydroxylation sites is 3. The maximum absolute atomic E-state index is 6.74. The number of rotatable bonds is 8. The molecule has 10 aromatic rings. The van der Waals surface area contributed by atoms with Crippen LogP contribution in [-0.4, -0.2) is 9.55 Å². The summed E-state index contributed by atoms with van der Waals surface area (Å²) in [6.45, 7) is 15.7. The van der Waals surface area contributed by atoms with E-state index in [1.54, 1.807) is 0 Å². The molecule has 11 rings (SSSR count). The first kappa shape index (κ1) is 44.6. The van der Waals surface area contributed by atoms with Gasteiger partial charge in [0, 0.05) is 78.0 Å². The molecule has 68 heavy (non-hydrogen) atoms. The molecule has 0 amide bonds. The molecule has 1 aliphatic heterocycles. The fourth-order valence-corrected chi connectivity index (χ4v) is 9.40. The molecule has 0 spiro atoms. The molecule has 0 fully saturated rings. The van der Waals surface area contributed by atoms with Crippen molar-refractivity contribution < 1.29 is 25.8 Å². The van der Waals surface area contributed by atoms with E-state index in [0.717, 1.165) is 83.8 Å². The van der Waals surface area contributed by atoms with Crippen LogP contribution in [0, 0.1) is 18.8 Å². The Hall–Kier alpha value is -7.20. The summed E-state index contributed by atoms with van der Waals surface area (Å²) in [5.41, 5.74) is 15.3. The number of benzene rings is 8. The molecule has 0 saturated carbocycles. The minimum atomic E-state index is -0.0338. The summed E-state index contributed by atoms with van der Waals surface area (Å²) in [5, 5.41) is 2.22. The maximum atomic E-state index is 6.74. The van der Waals surface area contributed by atoms with Gasteiger partial charge in [0.05, 0.1) is 0 Å². The van der Waals surface area contributed by atoms with E-state index in [9.17, 15) is 0 Å². The third-order valence-corrected chi connectivity index (χ3v) is 12.9. The Balaban J connectivity index is 0.00000539. The van der Waals surface area contributed by atoms with Crippen molar-refractivity contribution in [2.45, 2.75) is 52.4 Å². The van der Waals surface area contributed by atoms with Crippen molar-refractivity contribution in [1.82, 2.24) is 9.55 Å². The number of fused-ring (bicyclic) bond motifs is 4. The van der Waals surface area contributed by atoms with E-state index >= 15 is 0 Å². The van der Waals surface area contributed by atoms with Gasteiger partial charge in [-0.05, 0) is 68.3 Å². The molecule has 338 valence electrons. The van der Waals surface area contributed by atoms with Crippen LogP contribution in [0.25, 0.3) is 61.0 Å². The first-order valence-electron chi connectivity index (χ1n) is 23.0. The average molecular weight is 1060 g/mol. The Morgan fingerprint density at radius 1 is 0.485 bits per heavy atom. The van der Waals surface area contributed by atoms with E-state index in [-0.39, 0.29) is 31.9 Å². The number of pyridine rings is 1. The van der Waals surface area contributed by atoms with E-state index in [4.69, 9.17) is 9.72 Å². The summed E-state index contributed by atoms with van der Waals surface area (Å²) in [6, 6.07) is 74.0. The second-order valence-corrected chi connectivity index (χ2v) is 19.4. The molecule has 0 atom stereocenters. The molecule has 1 aliphatic rings. The quantitative estimate of drug-likeness (QED) is 0.142. The first-order chi connectivity index (χ1) is 32.5. The van der Waals surface area contributed by atoms with Gasteiger partial charge < -0.3 is 19.1 Å². The topological polar surface area (TPSA) is 33.5 Å². The van der Waals surface area contributed by atoms with Crippen LogP contribution in [0.15, 0.2) is 194 Å². The Bertz CT molecular complexity index is 3400. The van der Waals surface area contributed by atoms with E-state index in [1.165, 1.54) is 11.1 Å². The monoisotopic (exact) mass is 1060 g/mol. The van der Waals surface area contributed by atoms with Crippen LogP contribution in [0.5, 0.6) is 11.5 Å².